The molecule has 41 heavy (non-hydrogen) atoms. The van der Waals surface area contributed by atoms with Gasteiger partial charge in [-0.25, -0.2) is 0 Å². The minimum absolute atomic E-state index is 0.0165. The van der Waals surface area contributed by atoms with Crippen molar-refractivity contribution >= 4 is 5.91 Å². The molecule has 3 aliphatic rings. The molecule has 17 heteroatoms. The second kappa shape index (κ2) is 16.1. The molecule has 1 saturated carbocycles. The number of aliphatic hydroxyl groups is 5. The van der Waals surface area contributed by atoms with Gasteiger partial charge in [0.25, 0.3) is 0 Å². The van der Waals surface area contributed by atoms with Gasteiger partial charge in [0.05, 0.1) is 55.7 Å². The van der Waals surface area contributed by atoms with Gasteiger partial charge < -0.3 is 83.8 Å². The van der Waals surface area contributed by atoms with Crippen LogP contribution in [0.15, 0.2) is 0 Å². The van der Waals surface area contributed by atoms with Crippen LogP contribution in [-0.4, -0.2) is 150 Å². The molecule has 240 valence electrons. The van der Waals surface area contributed by atoms with Crippen molar-refractivity contribution in [2.24, 2.45) is 28.7 Å². The third-order valence-corrected chi connectivity index (χ3v) is 7.90. The first-order chi connectivity index (χ1) is 19.6. The average molecular weight is 596 g/mol. The molecule has 6 unspecified atom stereocenters. The lowest BCUT2D eigenvalue weighted by atomic mass is 9.81. The SMILES string of the molecule is NCC[C@H](O)C(=O)N[C@@H]1C[C@H](N)C(O[C@@H]2OC(CN)CCC2N)C(NCCO)[C@@H]1O[C@@H]1OC(CO)[C@H](O)[C@H](N)C1O. The van der Waals surface area contributed by atoms with E-state index in [2.05, 4.69) is 10.6 Å². The highest BCUT2D eigenvalue weighted by Crippen LogP contribution is 2.31. The molecule has 0 aromatic carbocycles. The molecule has 2 saturated heterocycles. The van der Waals surface area contributed by atoms with E-state index in [0.29, 0.717) is 12.8 Å². The summed E-state index contributed by atoms with van der Waals surface area (Å²) >= 11 is 0. The fourth-order valence-electron chi connectivity index (χ4n) is 5.52. The first kappa shape index (κ1) is 34.4. The molecule has 3 fully saturated rings. The number of hydrogen-bond acceptors (Lipinski definition) is 16. The number of aliphatic hydroxyl groups excluding tert-OH is 5. The van der Waals surface area contributed by atoms with Gasteiger partial charge in [-0.3, -0.25) is 4.79 Å². The van der Waals surface area contributed by atoms with Crippen LogP contribution in [0.2, 0.25) is 0 Å². The summed E-state index contributed by atoms with van der Waals surface area (Å²) in [7, 11) is 0. The van der Waals surface area contributed by atoms with Gasteiger partial charge in [-0.05, 0) is 32.2 Å². The highest BCUT2D eigenvalue weighted by molar-refractivity contribution is 5.80. The highest BCUT2D eigenvalue weighted by atomic mass is 16.7. The Morgan fingerprint density at radius 2 is 1.68 bits per heavy atom. The average Bonchev–Trinajstić information content (AvgIpc) is 2.95. The summed E-state index contributed by atoms with van der Waals surface area (Å²) in [4.78, 5) is 12.8. The van der Waals surface area contributed by atoms with E-state index in [1.54, 1.807) is 0 Å². The van der Waals surface area contributed by atoms with Gasteiger partial charge in [0.2, 0.25) is 5.91 Å². The first-order valence-corrected chi connectivity index (χ1v) is 14.1. The maximum absolute atomic E-state index is 12.8. The summed E-state index contributed by atoms with van der Waals surface area (Å²) in [6.45, 7) is -0.443. The van der Waals surface area contributed by atoms with E-state index in [0.717, 1.165) is 0 Å². The van der Waals surface area contributed by atoms with Gasteiger partial charge in [0.1, 0.15) is 24.4 Å². The number of amides is 1. The number of rotatable bonds is 13. The summed E-state index contributed by atoms with van der Waals surface area (Å²) in [5.74, 6) is -0.713. The summed E-state index contributed by atoms with van der Waals surface area (Å²) in [5, 5.41) is 56.5. The third-order valence-electron chi connectivity index (χ3n) is 7.90. The molecule has 0 aromatic rings. The number of carbonyl (C=O) groups is 1. The molecular weight excluding hydrogens is 546 g/mol. The van der Waals surface area contributed by atoms with Crippen molar-refractivity contribution in [3.05, 3.63) is 0 Å². The predicted octanol–water partition coefficient (Wildman–Crippen LogP) is -6.81. The van der Waals surface area contributed by atoms with Crippen molar-refractivity contribution in [1.82, 2.24) is 10.6 Å². The fraction of sp³-hybridized carbons (Fsp3) is 0.958. The van der Waals surface area contributed by atoms with Gasteiger partial charge in [0.15, 0.2) is 12.6 Å². The van der Waals surface area contributed by atoms with E-state index in [4.69, 9.17) is 47.6 Å². The third kappa shape index (κ3) is 8.49. The van der Waals surface area contributed by atoms with Crippen LogP contribution in [-0.2, 0) is 23.7 Å². The molecule has 17 N–H and O–H groups in total. The summed E-state index contributed by atoms with van der Waals surface area (Å²) in [6, 6.07) is -4.11. The molecule has 0 bridgehead atoms. The molecular formula is C24H49N7O10. The largest absolute Gasteiger partial charge is 0.395 e. The number of nitrogens with one attached hydrogen (secondary N) is 2. The minimum Gasteiger partial charge on any atom is -0.395 e. The second-order valence-corrected chi connectivity index (χ2v) is 10.9. The van der Waals surface area contributed by atoms with E-state index in [-0.39, 0.29) is 45.2 Å². The molecule has 1 aliphatic carbocycles. The van der Waals surface area contributed by atoms with Gasteiger partial charge in [-0.2, -0.15) is 0 Å². The Kier molecular flexibility index (Phi) is 13.5. The molecule has 3 rings (SSSR count). The molecule has 0 radical (unpaired) electrons. The van der Waals surface area contributed by atoms with Gasteiger partial charge in [-0.1, -0.05) is 0 Å². The van der Waals surface area contributed by atoms with Crippen molar-refractivity contribution < 1.29 is 49.3 Å². The number of ether oxygens (including phenoxy) is 4. The Hall–Kier alpha value is -1.13. The van der Waals surface area contributed by atoms with E-state index in [1.165, 1.54) is 0 Å². The molecule has 1 amide bonds. The van der Waals surface area contributed by atoms with Crippen molar-refractivity contribution in [2.45, 2.75) is 111 Å². The Balaban J connectivity index is 1.92. The van der Waals surface area contributed by atoms with Gasteiger partial charge >= 0.3 is 0 Å². The fourth-order valence-corrected chi connectivity index (χ4v) is 5.52. The smallest absolute Gasteiger partial charge is 0.249 e. The van der Waals surface area contributed by atoms with E-state index in [9.17, 15) is 30.3 Å². The zero-order chi connectivity index (χ0) is 30.3. The Bertz CT molecular complexity index is 804. The standard InChI is InChI=1S/C24H49N7O10/c25-4-3-14(34)22(37)31-13-7-12(28)20(40-23-11(27)2-1-10(8-26)38-23)17(30-5-6-32)21(13)41-24-19(36)16(29)18(35)15(9-33)39-24/h10-21,23-24,30,32-36H,1-9,25-29H2,(H,31,37)/t10?,11?,12-,13+,14-,15?,16-,17?,18-,19?,20?,21+,23-,24-/m0/s1. The molecule has 2 heterocycles. The van der Waals surface area contributed by atoms with Crippen LogP contribution < -0.4 is 39.3 Å². The monoisotopic (exact) mass is 595 g/mol. The topological polar surface area (TPSA) is 309 Å². The van der Waals surface area contributed by atoms with Crippen LogP contribution >= 0.6 is 0 Å². The predicted molar refractivity (Wildman–Crippen MR) is 143 cm³/mol. The van der Waals surface area contributed by atoms with Crippen LogP contribution in [0, 0.1) is 0 Å². The number of nitrogens with two attached hydrogens (primary N) is 5. The maximum atomic E-state index is 12.8. The number of hydrogen-bond donors (Lipinski definition) is 12. The van der Waals surface area contributed by atoms with Crippen molar-refractivity contribution in [2.75, 3.05) is 32.8 Å². The van der Waals surface area contributed by atoms with E-state index in [1.807, 2.05) is 0 Å². The lowest BCUT2D eigenvalue weighted by Crippen LogP contribution is -2.71. The zero-order valence-electron chi connectivity index (χ0n) is 23.1. The summed E-state index contributed by atoms with van der Waals surface area (Å²) in [6.07, 6.45) is -8.49. The lowest BCUT2D eigenvalue weighted by molar-refractivity contribution is -0.303. The highest BCUT2D eigenvalue weighted by Gasteiger charge is 2.51. The van der Waals surface area contributed by atoms with Crippen LogP contribution in [0.25, 0.3) is 0 Å². The van der Waals surface area contributed by atoms with Crippen LogP contribution in [0.5, 0.6) is 0 Å². The van der Waals surface area contributed by atoms with Gasteiger partial charge in [-0.15, -0.1) is 0 Å². The molecule has 17 nitrogen and oxygen atoms in total. The molecule has 0 spiro atoms. The van der Waals surface area contributed by atoms with Crippen LogP contribution in [0.1, 0.15) is 25.7 Å². The summed E-state index contributed by atoms with van der Waals surface area (Å²) < 4.78 is 24.2. The van der Waals surface area contributed by atoms with Crippen molar-refractivity contribution in [1.29, 1.82) is 0 Å². The van der Waals surface area contributed by atoms with Crippen molar-refractivity contribution in [3.8, 4) is 0 Å². The first-order valence-electron chi connectivity index (χ1n) is 14.1. The lowest BCUT2D eigenvalue weighted by Gasteiger charge is -2.50. The molecule has 0 aromatic heterocycles. The van der Waals surface area contributed by atoms with E-state index < -0.39 is 91.9 Å². The second-order valence-electron chi connectivity index (χ2n) is 10.9. The van der Waals surface area contributed by atoms with Gasteiger partial charge in [0, 0.05) is 19.1 Å². The maximum Gasteiger partial charge on any atom is 0.249 e. The zero-order valence-corrected chi connectivity index (χ0v) is 23.1. The quantitative estimate of drug-likeness (QED) is 0.0941. The van der Waals surface area contributed by atoms with E-state index >= 15 is 0 Å². The van der Waals surface area contributed by atoms with Crippen LogP contribution in [0.4, 0.5) is 0 Å². The molecule has 14 atom stereocenters. The summed E-state index contributed by atoms with van der Waals surface area (Å²) in [5.41, 5.74) is 30.1. The normalized spacial score (nSPS) is 42.5. The Morgan fingerprint density at radius 3 is 2.32 bits per heavy atom. The van der Waals surface area contributed by atoms with Crippen LogP contribution in [0.3, 0.4) is 0 Å². The van der Waals surface area contributed by atoms with Crippen molar-refractivity contribution in [3.63, 3.8) is 0 Å². The Morgan fingerprint density at radius 1 is 0.976 bits per heavy atom. The molecule has 2 aliphatic heterocycles. The number of carbonyl (C=O) groups excluding carboxylic acids is 1. The minimum atomic E-state index is -1.51. The Labute approximate surface area is 239 Å².